The van der Waals surface area contributed by atoms with Crippen LogP contribution in [0, 0.1) is 17.0 Å². The summed E-state index contributed by atoms with van der Waals surface area (Å²) in [6.07, 6.45) is 0.713. The monoisotopic (exact) mass is 304 g/mol. The van der Waals surface area contributed by atoms with Crippen LogP contribution in [0.5, 0.6) is 0 Å². The number of nitrogens with one attached hydrogen (secondary N) is 1. The number of aryl methyl sites for hydroxylation is 1. The maximum Gasteiger partial charge on any atom is 0.282 e. The molecular formula is C15H16N2O3S. The van der Waals surface area contributed by atoms with Gasteiger partial charge in [0, 0.05) is 28.3 Å². The Labute approximate surface area is 126 Å². The Morgan fingerprint density at radius 2 is 2.05 bits per heavy atom. The molecule has 1 aromatic heterocycles. The molecule has 1 aromatic carbocycles. The highest BCUT2D eigenvalue weighted by Crippen LogP contribution is 2.19. The molecule has 0 bridgehead atoms. The molecule has 1 heterocycles. The van der Waals surface area contributed by atoms with Gasteiger partial charge in [-0.2, -0.15) is 0 Å². The minimum absolute atomic E-state index is 0.0876. The van der Waals surface area contributed by atoms with E-state index in [9.17, 15) is 14.9 Å². The van der Waals surface area contributed by atoms with Gasteiger partial charge in [0.25, 0.3) is 11.6 Å². The third-order valence-corrected chi connectivity index (χ3v) is 4.05. The van der Waals surface area contributed by atoms with E-state index in [4.69, 9.17) is 0 Å². The quantitative estimate of drug-likeness (QED) is 0.680. The zero-order valence-corrected chi connectivity index (χ0v) is 12.6. The molecule has 5 nitrogen and oxygen atoms in total. The number of hydrogen-bond acceptors (Lipinski definition) is 4. The van der Waals surface area contributed by atoms with Crippen molar-refractivity contribution in [2.75, 3.05) is 0 Å². The van der Waals surface area contributed by atoms with Gasteiger partial charge in [-0.05, 0) is 32.0 Å². The van der Waals surface area contributed by atoms with Crippen LogP contribution in [-0.2, 0) is 6.42 Å². The van der Waals surface area contributed by atoms with Crippen molar-refractivity contribution < 1.29 is 9.72 Å². The van der Waals surface area contributed by atoms with Crippen molar-refractivity contribution >= 4 is 22.9 Å². The summed E-state index contributed by atoms with van der Waals surface area (Å²) >= 11 is 1.69. The number of para-hydroxylation sites is 1. The van der Waals surface area contributed by atoms with E-state index in [1.165, 1.54) is 21.9 Å². The number of nitro groups is 1. The zero-order valence-electron chi connectivity index (χ0n) is 11.8. The largest absolute Gasteiger partial charge is 0.349 e. The molecule has 0 aliphatic heterocycles. The molecule has 1 atom stereocenters. The lowest BCUT2D eigenvalue weighted by atomic mass is 10.1. The van der Waals surface area contributed by atoms with Gasteiger partial charge in [-0.25, -0.2) is 0 Å². The van der Waals surface area contributed by atoms with Crippen LogP contribution in [0.15, 0.2) is 36.4 Å². The number of nitrogens with zero attached hydrogens (tertiary/aromatic N) is 1. The van der Waals surface area contributed by atoms with Gasteiger partial charge in [-0.15, -0.1) is 11.3 Å². The first-order valence-electron chi connectivity index (χ1n) is 6.57. The molecule has 0 aliphatic carbocycles. The van der Waals surface area contributed by atoms with Gasteiger partial charge >= 0.3 is 0 Å². The van der Waals surface area contributed by atoms with Gasteiger partial charge in [0.1, 0.15) is 5.56 Å². The van der Waals surface area contributed by atoms with Crippen molar-refractivity contribution in [3.8, 4) is 0 Å². The Kier molecular flexibility index (Phi) is 4.70. The number of carbonyl (C=O) groups is 1. The minimum Gasteiger partial charge on any atom is -0.349 e. The van der Waals surface area contributed by atoms with Crippen LogP contribution in [0.4, 0.5) is 5.69 Å². The van der Waals surface area contributed by atoms with Gasteiger partial charge in [-0.3, -0.25) is 14.9 Å². The number of nitro benzene ring substituents is 1. The summed E-state index contributed by atoms with van der Waals surface area (Å²) in [4.78, 5) is 25.0. The molecule has 0 saturated heterocycles. The second-order valence-electron chi connectivity index (χ2n) is 4.87. The highest BCUT2D eigenvalue weighted by molar-refractivity contribution is 7.11. The molecule has 1 amide bonds. The standard InChI is InChI=1S/C15H16N2O3S/c1-10(9-12-8-7-11(2)21-12)16-15(18)13-5-3-4-6-14(13)17(19)20/h3-8,10H,9H2,1-2H3,(H,16,18)/t10-/m1/s1. The molecule has 2 aromatic rings. The molecule has 0 radical (unpaired) electrons. The summed E-state index contributed by atoms with van der Waals surface area (Å²) in [5.74, 6) is -0.414. The van der Waals surface area contributed by atoms with Crippen LogP contribution < -0.4 is 5.32 Å². The summed E-state index contributed by atoms with van der Waals surface area (Å²) in [6.45, 7) is 3.92. The fourth-order valence-electron chi connectivity index (χ4n) is 2.07. The fraction of sp³-hybridized carbons (Fsp3) is 0.267. The SMILES string of the molecule is Cc1ccc(C[C@@H](C)NC(=O)c2ccccc2[N+](=O)[O-])s1. The molecular weight excluding hydrogens is 288 g/mol. The zero-order chi connectivity index (χ0) is 15.4. The van der Waals surface area contributed by atoms with Gasteiger partial charge < -0.3 is 5.32 Å². The second kappa shape index (κ2) is 6.49. The predicted octanol–water partition coefficient (Wildman–Crippen LogP) is 3.33. The summed E-state index contributed by atoms with van der Waals surface area (Å²) in [7, 11) is 0. The number of carbonyl (C=O) groups excluding carboxylic acids is 1. The van der Waals surface area contributed by atoms with Crippen molar-refractivity contribution in [3.05, 3.63) is 61.8 Å². The Hall–Kier alpha value is -2.21. The van der Waals surface area contributed by atoms with E-state index in [0.29, 0.717) is 6.42 Å². The van der Waals surface area contributed by atoms with Crippen molar-refractivity contribution in [2.45, 2.75) is 26.3 Å². The summed E-state index contributed by atoms with van der Waals surface area (Å²) in [5, 5.41) is 13.7. The number of hydrogen-bond donors (Lipinski definition) is 1. The van der Waals surface area contributed by atoms with E-state index in [1.807, 2.05) is 26.0 Å². The van der Waals surface area contributed by atoms with E-state index in [2.05, 4.69) is 5.32 Å². The first kappa shape index (κ1) is 15.2. The van der Waals surface area contributed by atoms with Crippen molar-refractivity contribution in [3.63, 3.8) is 0 Å². The van der Waals surface area contributed by atoms with E-state index in [-0.39, 0.29) is 17.3 Å². The van der Waals surface area contributed by atoms with Crippen molar-refractivity contribution in [1.29, 1.82) is 0 Å². The van der Waals surface area contributed by atoms with Gasteiger partial charge in [-0.1, -0.05) is 12.1 Å². The summed E-state index contributed by atoms with van der Waals surface area (Å²) in [5.41, 5.74) is -0.0779. The van der Waals surface area contributed by atoms with Crippen molar-refractivity contribution in [1.82, 2.24) is 5.32 Å². The molecule has 0 unspecified atom stereocenters. The lowest BCUT2D eigenvalue weighted by Crippen LogP contribution is -2.34. The number of thiophene rings is 1. The molecule has 1 N–H and O–H groups in total. The highest BCUT2D eigenvalue weighted by atomic mass is 32.1. The molecule has 21 heavy (non-hydrogen) atoms. The van der Waals surface area contributed by atoms with E-state index in [1.54, 1.807) is 23.5 Å². The Morgan fingerprint density at radius 3 is 2.67 bits per heavy atom. The third-order valence-electron chi connectivity index (χ3n) is 3.03. The van der Waals surface area contributed by atoms with Gasteiger partial charge in [0.15, 0.2) is 0 Å². The van der Waals surface area contributed by atoms with Crippen LogP contribution in [-0.4, -0.2) is 16.9 Å². The lowest BCUT2D eigenvalue weighted by molar-refractivity contribution is -0.385. The molecule has 110 valence electrons. The fourth-order valence-corrected chi connectivity index (χ4v) is 3.09. The summed E-state index contributed by atoms with van der Waals surface area (Å²) < 4.78 is 0. The number of benzene rings is 1. The summed E-state index contributed by atoms with van der Waals surface area (Å²) in [6, 6.07) is 9.96. The molecule has 2 rings (SSSR count). The van der Waals surface area contributed by atoms with Crippen LogP contribution in [0.2, 0.25) is 0 Å². The maximum absolute atomic E-state index is 12.2. The second-order valence-corrected chi connectivity index (χ2v) is 6.24. The van der Waals surface area contributed by atoms with Gasteiger partial charge in [0.05, 0.1) is 4.92 Å². The van der Waals surface area contributed by atoms with Crippen LogP contribution in [0.1, 0.15) is 27.0 Å². The van der Waals surface area contributed by atoms with Crippen LogP contribution in [0.25, 0.3) is 0 Å². The Bertz CT molecular complexity index is 666. The molecule has 6 heteroatoms. The number of amides is 1. The third kappa shape index (κ3) is 3.88. The maximum atomic E-state index is 12.2. The van der Waals surface area contributed by atoms with Crippen molar-refractivity contribution in [2.24, 2.45) is 0 Å². The predicted molar refractivity (Wildman–Crippen MR) is 82.8 cm³/mol. The average Bonchev–Trinajstić information content (AvgIpc) is 2.83. The van der Waals surface area contributed by atoms with Crippen LogP contribution in [0.3, 0.4) is 0 Å². The molecule has 0 fully saturated rings. The topological polar surface area (TPSA) is 72.2 Å². The lowest BCUT2D eigenvalue weighted by Gasteiger charge is -2.13. The van der Waals surface area contributed by atoms with Gasteiger partial charge in [0.2, 0.25) is 0 Å². The average molecular weight is 304 g/mol. The molecule has 0 aliphatic rings. The van der Waals surface area contributed by atoms with E-state index < -0.39 is 10.8 Å². The van der Waals surface area contributed by atoms with E-state index in [0.717, 1.165) is 0 Å². The highest BCUT2D eigenvalue weighted by Gasteiger charge is 2.20. The number of rotatable bonds is 5. The first-order valence-corrected chi connectivity index (χ1v) is 7.38. The molecule has 0 spiro atoms. The smallest absolute Gasteiger partial charge is 0.282 e. The Balaban J connectivity index is 2.06. The molecule has 0 saturated carbocycles. The van der Waals surface area contributed by atoms with E-state index >= 15 is 0 Å². The van der Waals surface area contributed by atoms with Crippen LogP contribution >= 0.6 is 11.3 Å². The minimum atomic E-state index is -0.539. The normalized spacial score (nSPS) is 11.9. The Morgan fingerprint density at radius 1 is 1.33 bits per heavy atom. The first-order chi connectivity index (χ1) is 9.97.